The summed E-state index contributed by atoms with van der Waals surface area (Å²) in [5, 5.41) is 4.44. The molecule has 1 fully saturated rings. The quantitative estimate of drug-likeness (QED) is 0.795. The van der Waals surface area contributed by atoms with Gasteiger partial charge in [-0.1, -0.05) is 25.8 Å². The number of hydrogen-bond acceptors (Lipinski definition) is 4. The Labute approximate surface area is 132 Å². The van der Waals surface area contributed by atoms with Gasteiger partial charge < -0.3 is 9.80 Å². The lowest BCUT2D eigenvalue weighted by Crippen LogP contribution is -2.45. The first-order chi connectivity index (χ1) is 10.8. The number of unbranched alkanes of at least 4 members (excludes halogenated alkanes) is 2. The van der Waals surface area contributed by atoms with Crippen molar-refractivity contribution in [1.82, 2.24) is 19.5 Å². The lowest BCUT2D eigenvalue weighted by Gasteiger charge is -2.34. The number of allylic oxidation sites excluding steroid dienone is 1. The minimum Gasteiger partial charge on any atom is -0.354 e. The molecule has 2 aromatic rings. The van der Waals surface area contributed by atoms with Gasteiger partial charge in [0.25, 0.3) is 0 Å². The van der Waals surface area contributed by atoms with Crippen LogP contribution in [0.15, 0.2) is 24.4 Å². The van der Waals surface area contributed by atoms with Crippen LogP contribution in [0.4, 0.5) is 5.82 Å². The van der Waals surface area contributed by atoms with Crippen molar-refractivity contribution in [1.29, 1.82) is 0 Å². The van der Waals surface area contributed by atoms with Crippen LogP contribution in [-0.2, 0) is 0 Å². The third-order valence-corrected chi connectivity index (χ3v) is 4.20. The highest BCUT2D eigenvalue weighted by atomic mass is 15.4. The second-order valence-corrected chi connectivity index (χ2v) is 5.98. The van der Waals surface area contributed by atoms with E-state index < -0.39 is 0 Å². The monoisotopic (exact) mass is 299 g/mol. The molecular weight excluding hydrogens is 274 g/mol. The van der Waals surface area contributed by atoms with Gasteiger partial charge in [-0.2, -0.15) is 9.61 Å². The van der Waals surface area contributed by atoms with Gasteiger partial charge in [0, 0.05) is 38.3 Å². The molecule has 5 nitrogen and oxygen atoms in total. The van der Waals surface area contributed by atoms with E-state index in [1.807, 2.05) is 16.8 Å². The molecule has 3 rings (SSSR count). The van der Waals surface area contributed by atoms with Gasteiger partial charge >= 0.3 is 0 Å². The van der Waals surface area contributed by atoms with E-state index in [0.717, 1.165) is 49.8 Å². The fraction of sp³-hybridized carbons (Fsp3) is 0.529. The molecule has 0 radical (unpaired) electrons. The van der Waals surface area contributed by atoms with E-state index in [9.17, 15) is 0 Å². The van der Waals surface area contributed by atoms with Crippen molar-refractivity contribution in [3.05, 3.63) is 30.1 Å². The summed E-state index contributed by atoms with van der Waals surface area (Å²) >= 11 is 0. The van der Waals surface area contributed by atoms with E-state index in [0.29, 0.717) is 0 Å². The van der Waals surface area contributed by atoms with Crippen molar-refractivity contribution in [2.24, 2.45) is 0 Å². The van der Waals surface area contributed by atoms with Gasteiger partial charge in [0.2, 0.25) is 0 Å². The zero-order valence-corrected chi connectivity index (χ0v) is 13.6. The van der Waals surface area contributed by atoms with Gasteiger partial charge in [0.05, 0.1) is 11.9 Å². The molecule has 22 heavy (non-hydrogen) atoms. The second-order valence-electron chi connectivity index (χ2n) is 5.98. The van der Waals surface area contributed by atoms with E-state index in [2.05, 4.69) is 52.1 Å². The average molecular weight is 299 g/mol. The van der Waals surface area contributed by atoms with Gasteiger partial charge in [-0.3, -0.25) is 0 Å². The number of piperazine rings is 1. The molecule has 0 N–H and O–H groups in total. The summed E-state index contributed by atoms with van der Waals surface area (Å²) in [5.41, 5.74) is 1.95. The van der Waals surface area contributed by atoms with Crippen LogP contribution in [0.3, 0.4) is 0 Å². The van der Waals surface area contributed by atoms with Crippen LogP contribution in [0.2, 0.25) is 0 Å². The molecule has 0 atom stereocenters. The summed E-state index contributed by atoms with van der Waals surface area (Å²) < 4.78 is 1.95. The van der Waals surface area contributed by atoms with Gasteiger partial charge in [-0.15, -0.1) is 0 Å². The maximum atomic E-state index is 4.68. The van der Waals surface area contributed by atoms with Gasteiger partial charge in [-0.05, 0) is 19.5 Å². The highest BCUT2D eigenvalue weighted by Gasteiger charge is 2.17. The van der Waals surface area contributed by atoms with E-state index in [1.54, 1.807) is 0 Å². The van der Waals surface area contributed by atoms with Crippen molar-refractivity contribution in [3.8, 4) is 0 Å². The summed E-state index contributed by atoms with van der Waals surface area (Å²) in [4.78, 5) is 9.45. The van der Waals surface area contributed by atoms with Crippen LogP contribution in [0.5, 0.6) is 0 Å². The second kappa shape index (κ2) is 6.92. The molecule has 2 aromatic heterocycles. The Kier molecular flexibility index (Phi) is 4.73. The van der Waals surface area contributed by atoms with Crippen LogP contribution < -0.4 is 4.90 Å². The van der Waals surface area contributed by atoms with Crippen molar-refractivity contribution < 1.29 is 0 Å². The van der Waals surface area contributed by atoms with E-state index in [4.69, 9.17) is 0 Å². The third-order valence-electron chi connectivity index (χ3n) is 4.20. The number of anilines is 1. The Bertz CT molecular complexity index is 638. The van der Waals surface area contributed by atoms with Crippen molar-refractivity contribution in [2.75, 3.05) is 38.1 Å². The van der Waals surface area contributed by atoms with E-state index in [1.165, 1.54) is 12.8 Å². The SMILES string of the molecule is CCCC/C=C/c1cc(N2CCN(C)CC2)n2nccc2n1. The molecule has 0 aromatic carbocycles. The Hall–Kier alpha value is -1.88. The predicted octanol–water partition coefficient (Wildman–Crippen LogP) is 2.68. The van der Waals surface area contributed by atoms with Crippen LogP contribution in [0.25, 0.3) is 11.7 Å². The van der Waals surface area contributed by atoms with E-state index in [-0.39, 0.29) is 0 Å². The first-order valence-corrected chi connectivity index (χ1v) is 8.23. The fourth-order valence-corrected chi connectivity index (χ4v) is 2.79. The van der Waals surface area contributed by atoms with E-state index >= 15 is 0 Å². The Morgan fingerprint density at radius 2 is 2.05 bits per heavy atom. The molecule has 118 valence electrons. The minimum atomic E-state index is 0.923. The summed E-state index contributed by atoms with van der Waals surface area (Å²) in [6, 6.07) is 4.14. The van der Waals surface area contributed by atoms with Crippen LogP contribution in [0, 0.1) is 0 Å². The topological polar surface area (TPSA) is 36.7 Å². The molecular formula is C17H25N5. The molecule has 0 bridgehead atoms. The number of nitrogens with zero attached hydrogens (tertiary/aromatic N) is 5. The largest absolute Gasteiger partial charge is 0.354 e. The Balaban J connectivity index is 1.87. The summed E-state index contributed by atoms with van der Waals surface area (Å²) in [7, 11) is 2.18. The molecule has 1 saturated heterocycles. The smallest absolute Gasteiger partial charge is 0.157 e. The molecule has 3 heterocycles. The van der Waals surface area contributed by atoms with Crippen molar-refractivity contribution in [2.45, 2.75) is 26.2 Å². The molecule has 1 aliphatic rings. The fourth-order valence-electron chi connectivity index (χ4n) is 2.79. The maximum absolute atomic E-state index is 4.68. The normalized spacial score (nSPS) is 16.9. The molecule has 1 aliphatic heterocycles. The minimum absolute atomic E-state index is 0.923. The van der Waals surface area contributed by atoms with Crippen molar-refractivity contribution in [3.63, 3.8) is 0 Å². The summed E-state index contributed by atoms with van der Waals surface area (Å²) in [5.74, 6) is 1.15. The zero-order valence-electron chi connectivity index (χ0n) is 13.6. The first kappa shape index (κ1) is 15.0. The zero-order chi connectivity index (χ0) is 15.4. The summed E-state index contributed by atoms with van der Waals surface area (Å²) in [6.45, 7) is 6.47. The number of hydrogen-bond donors (Lipinski definition) is 0. The molecule has 5 heteroatoms. The lowest BCUT2D eigenvalue weighted by molar-refractivity contribution is 0.311. The lowest BCUT2D eigenvalue weighted by atomic mass is 10.2. The summed E-state index contributed by atoms with van der Waals surface area (Å²) in [6.07, 6.45) is 9.77. The van der Waals surface area contributed by atoms with Crippen LogP contribution in [-0.4, -0.2) is 52.7 Å². The number of likely N-dealkylation sites (N-methyl/N-ethyl adjacent to an activating group) is 1. The van der Waals surface area contributed by atoms with Crippen LogP contribution >= 0.6 is 0 Å². The maximum Gasteiger partial charge on any atom is 0.157 e. The number of aromatic nitrogens is 3. The Morgan fingerprint density at radius 1 is 1.23 bits per heavy atom. The highest BCUT2D eigenvalue weighted by Crippen LogP contribution is 2.19. The molecule has 0 saturated carbocycles. The standard InChI is InChI=1S/C17H25N5/c1-3-4-5-6-7-15-14-17(21-12-10-20(2)11-13-21)22-16(19-15)8-9-18-22/h6-9,14H,3-5,10-13H2,1-2H3/b7-6+. The predicted molar refractivity (Wildman–Crippen MR) is 91.3 cm³/mol. The first-order valence-electron chi connectivity index (χ1n) is 8.23. The molecule has 0 amide bonds. The average Bonchev–Trinajstić information content (AvgIpc) is 3.00. The highest BCUT2D eigenvalue weighted by molar-refractivity contribution is 5.58. The van der Waals surface area contributed by atoms with Crippen molar-refractivity contribution >= 4 is 17.5 Å². The number of fused-ring (bicyclic) bond motifs is 1. The molecule has 0 aliphatic carbocycles. The molecule has 0 unspecified atom stereocenters. The van der Waals surface area contributed by atoms with Gasteiger partial charge in [0.15, 0.2) is 5.65 Å². The van der Waals surface area contributed by atoms with Gasteiger partial charge in [0.1, 0.15) is 5.82 Å². The Morgan fingerprint density at radius 3 is 2.82 bits per heavy atom. The third kappa shape index (κ3) is 3.30. The molecule has 0 spiro atoms. The number of rotatable bonds is 5. The van der Waals surface area contributed by atoms with Crippen LogP contribution in [0.1, 0.15) is 31.9 Å². The van der Waals surface area contributed by atoms with Gasteiger partial charge in [-0.25, -0.2) is 4.98 Å².